The van der Waals surface area contributed by atoms with E-state index in [0.717, 1.165) is 5.56 Å². The molecule has 0 spiro atoms. The van der Waals surface area contributed by atoms with Crippen molar-refractivity contribution in [2.24, 2.45) is 0 Å². The average Bonchev–Trinajstić information content (AvgIpc) is 2.78. The summed E-state index contributed by atoms with van der Waals surface area (Å²) in [5, 5.41) is 12.5. The summed E-state index contributed by atoms with van der Waals surface area (Å²) < 4.78 is 5.60. The largest absolute Gasteiger partial charge is 0.391 e. The summed E-state index contributed by atoms with van der Waals surface area (Å²) >= 11 is 0. The van der Waals surface area contributed by atoms with Gasteiger partial charge in [-0.2, -0.15) is 0 Å². The number of carbonyl (C=O) groups is 1. The van der Waals surface area contributed by atoms with Crippen molar-refractivity contribution in [3.63, 3.8) is 0 Å². The summed E-state index contributed by atoms with van der Waals surface area (Å²) in [5.41, 5.74) is 1.05. The third-order valence-electron chi connectivity index (χ3n) is 3.26. The van der Waals surface area contributed by atoms with Gasteiger partial charge in [-0.1, -0.05) is 37.3 Å². The molecule has 0 aliphatic carbocycles. The van der Waals surface area contributed by atoms with E-state index in [0.29, 0.717) is 19.4 Å². The van der Waals surface area contributed by atoms with Gasteiger partial charge in [-0.25, -0.2) is 0 Å². The molecule has 1 fully saturated rings. The summed E-state index contributed by atoms with van der Waals surface area (Å²) in [5.74, 6) is -0.122. The normalized spacial score (nSPS) is 24.9. The molecule has 1 amide bonds. The second-order valence-electron chi connectivity index (χ2n) is 4.61. The second kappa shape index (κ2) is 5.98. The van der Waals surface area contributed by atoms with Crippen molar-refractivity contribution < 1.29 is 14.6 Å². The smallest absolute Gasteiger partial charge is 0.249 e. The molecule has 4 heteroatoms. The minimum Gasteiger partial charge on any atom is -0.391 e. The Bertz CT molecular complexity index is 393. The van der Waals surface area contributed by atoms with Gasteiger partial charge in [0.2, 0.25) is 5.91 Å². The molecular formula is C14H19NO3. The van der Waals surface area contributed by atoms with Crippen LogP contribution in [0.15, 0.2) is 30.3 Å². The van der Waals surface area contributed by atoms with E-state index in [1.807, 2.05) is 37.3 Å². The number of hydrogen-bond acceptors (Lipinski definition) is 3. The van der Waals surface area contributed by atoms with Crippen molar-refractivity contribution in [2.75, 3.05) is 0 Å². The molecule has 1 aliphatic rings. The molecular weight excluding hydrogens is 230 g/mol. The molecule has 0 aromatic heterocycles. The van der Waals surface area contributed by atoms with E-state index in [-0.39, 0.29) is 11.9 Å². The van der Waals surface area contributed by atoms with Crippen LogP contribution in [-0.4, -0.2) is 29.3 Å². The fourth-order valence-electron chi connectivity index (χ4n) is 2.12. The predicted molar refractivity (Wildman–Crippen MR) is 67.9 cm³/mol. The van der Waals surface area contributed by atoms with Crippen LogP contribution in [0, 0.1) is 0 Å². The van der Waals surface area contributed by atoms with Crippen molar-refractivity contribution in [2.45, 2.75) is 44.6 Å². The Morgan fingerprint density at radius 1 is 1.44 bits per heavy atom. The molecule has 1 aromatic carbocycles. The van der Waals surface area contributed by atoms with E-state index < -0.39 is 12.2 Å². The Labute approximate surface area is 107 Å². The third kappa shape index (κ3) is 3.09. The molecule has 0 radical (unpaired) electrons. The minimum atomic E-state index is -0.487. The van der Waals surface area contributed by atoms with Gasteiger partial charge in [-0.3, -0.25) is 4.79 Å². The van der Waals surface area contributed by atoms with Gasteiger partial charge in [-0.05, 0) is 12.0 Å². The Morgan fingerprint density at radius 2 is 2.17 bits per heavy atom. The summed E-state index contributed by atoms with van der Waals surface area (Å²) in [7, 11) is 0. The van der Waals surface area contributed by atoms with Crippen LogP contribution < -0.4 is 5.32 Å². The first-order chi connectivity index (χ1) is 8.70. The Balaban J connectivity index is 1.85. The summed E-state index contributed by atoms with van der Waals surface area (Å²) in [6, 6.07) is 9.58. The predicted octanol–water partition coefficient (Wildman–Crippen LogP) is 1.23. The summed E-state index contributed by atoms with van der Waals surface area (Å²) in [4.78, 5) is 11.7. The number of rotatable bonds is 5. The van der Waals surface area contributed by atoms with Crippen LogP contribution >= 0.6 is 0 Å². The van der Waals surface area contributed by atoms with Gasteiger partial charge >= 0.3 is 0 Å². The lowest BCUT2D eigenvalue weighted by Gasteiger charge is -2.15. The van der Waals surface area contributed by atoms with E-state index in [4.69, 9.17) is 4.74 Å². The number of nitrogens with one attached hydrogen (secondary N) is 1. The van der Waals surface area contributed by atoms with Crippen LogP contribution in [0.4, 0.5) is 0 Å². The highest BCUT2D eigenvalue weighted by molar-refractivity contribution is 5.83. The number of aliphatic hydroxyl groups is 1. The van der Waals surface area contributed by atoms with Gasteiger partial charge < -0.3 is 15.2 Å². The molecule has 1 saturated heterocycles. The number of hydrogen-bond donors (Lipinski definition) is 2. The topological polar surface area (TPSA) is 58.6 Å². The number of aliphatic hydroxyl groups excluding tert-OH is 1. The van der Waals surface area contributed by atoms with Crippen molar-refractivity contribution in [1.29, 1.82) is 0 Å². The molecule has 2 N–H and O–H groups in total. The van der Waals surface area contributed by atoms with Gasteiger partial charge in [0.25, 0.3) is 0 Å². The van der Waals surface area contributed by atoms with Crippen LogP contribution in [0.25, 0.3) is 0 Å². The van der Waals surface area contributed by atoms with E-state index in [1.165, 1.54) is 0 Å². The number of amides is 1. The maximum absolute atomic E-state index is 11.7. The molecule has 2 rings (SSSR count). The quantitative estimate of drug-likeness (QED) is 0.825. The summed E-state index contributed by atoms with van der Waals surface area (Å²) in [6.07, 6.45) is 0.243. The highest BCUT2D eigenvalue weighted by Crippen LogP contribution is 2.17. The molecule has 18 heavy (non-hydrogen) atoms. The lowest BCUT2D eigenvalue weighted by atomic mass is 10.1. The first-order valence-electron chi connectivity index (χ1n) is 6.34. The molecule has 3 atom stereocenters. The molecule has 1 heterocycles. The zero-order valence-corrected chi connectivity index (χ0v) is 10.5. The van der Waals surface area contributed by atoms with Gasteiger partial charge in [-0.15, -0.1) is 0 Å². The lowest BCUT2D eigenvalue weighted by Crippen LogP contribution is -2.36. The first kappa shape index (κ1) is 13.1. The van der Waals surface area contributed by atoms with Crippen molar-refractivity contribution in [3.05, 3.63) is 35.9 Å². The van der Waals surface area contributed by atoms with Gasteiger partial charge in [0.05, 0.1) is 18.8 Å². The average molecular weight is 249 g/mol. The fraction of sp³-hybridized carbons (Fsp3) is 0.500. The SMILES string of the molecule is CCC(O)C1CC(OCc2ccccc2)C(=O)N1. The van der Waals surface area contributed by atoms with E-state index in [1.54, 1.807) is 0 Å². The van der Waals surface area contributed by atoms with E-state index in [9.17, 15) is 9.90 Å². The second-order valence-corrected chi connectivity index (χ2v) is 4.61. The number of carbonyl (C=O) groups excluding carboxylic acids is 1. The highest BCUT2D eigenvalue weighted by atomic mass is 16.5. The third-order valence-corrected chi connectivity index (χ3v) is 3.26. The monoisotopic (exact) mass is 249 g/mol. The van der Waals surface area contributed by atoms with E-state index in [2.05, 4.69) is 5.32 Å². The van der Waals surface area contributed by atoms with Crippen LogP contribution in [0.3, 0.4) is 0 Å². The molecule has 4 nitrogen and oxygen atoms in total. The molecule has 0 bridgehead atoms. The summed E-state index contributed by atoms with van der Waals surface area (Å²) in [6.45, 7) is 2.32. The van der Waals surface area contributed by atoms with Gasteiger partial charge in [0, 0.05) is 6.42 Å². The maximum Gasteiger partial charge on any atom is 0.249 e. The van der Waals surface area contributed by atoms with E-state index >= 15 is 0 Å². The highest BCUT2D eigenvalue weighted by Gasteiger charge is 2.35. The Kier molecular flexibility index (Phi) is 4.33. The Hall–Kier alpha value is -1.39. The zero-order chi connectivity index (χ0) is 13.0. The van der Waals surface area contributed by atoms with Crippen LogP contribution in [0.5, 0.6) is 0 Å². The van der Waals surface area contributed by atoms with Crippen molar-refractivity contribution >= 4 is 5.91 Å². The standard InChI is InChI=1S/C14H19NO3/c1-2-12(16)11-8-13(14(17)15-11)18-9-10-6-4-3-5-7-10/h3-7,11-13,16H,2,8-9H2,1H3,(H,15,17). The lowest BCUT2D eigenvalue weighted by molar-refractivity contribution is -0.129. The minimum absolute atomic E-state index is 0.122. The number of benzene rings is 1. The molecule has 0 saturated carbocycles. The molecule has 98 valence electrons. The van der Waals surface area contributed by atoms with Gasteiger partial charge in [0.1, 0.15) is 6.10 Å². The molecule has 1 aliphatic heterocycles. The van der Waals surface area contributed by atoms with Crippen molar-refractivity contribution in [3.8, 4) is 0 Å². The number of ether oxygens (including phenoxy) is 1. The Morgan fingerprint density at radius 3 is 2.83 bits per heavy atom. The van der Waals surface area contributed by atoms with Crippen LogP contribution in [0.1, 0.15) is 25.3 Å². The van der Waals surface area contributed by atoms with Crippen LogP contribution in [-0.2, 0) is 16.1 Å². The van der Waals surface area contributed by atoms with Gasteiger partial charge in [0.15, 0.2) is 0 Å². The zero-order valence-electron chi connectivity index (χ0n) is 10.5. The fourth-order valence-corrected chi connectivity index (χ4v) is 2.12. The molecule has 1 aromatic rings. The van der Waals surface area contributed by atoms with Crippen molar-refractivity contribution in [1.82, 2.24) is 5.32 Å². The first-order valence-corrected chi connectivity index (χ1v) is 6.34. The van der Waals surface area contributed by atoms with Crippen LogP contribution in [0.2, 0.25) is 0 Å². The maximum atomic E-state index is 11.7. The molecule has 3 unspecified atom stereocenters.